The molecular weight excluding hydrogens is 155 g/mol. The average Bonchev–Trinajstić information content (AvgIpc) is 1.41. The summed E-state index contributed by atoms with van der Waals surface area (Å²) in [6.07, 6.45) is 1.86. The van der Waals surface area contributed by atoms with E-state index in [1.807, 2.05) is 6.92 Å². The fourth-order valence-corrected chi connectivity index (χ4v) is 0.144. The first-order valence-corrected chi connectivity index (χ1v) is 2.00. The summed E-state index contributed by atoms with van der Waals surface area (Å²) < 4.78 is 0. The Hall–Kier alpha value is 0.843. The Balaban J connectivity index is -0.0000000133. The number of rotatable bonds is 2. The SMILES string of the molecule is CCCC[O-].[H-].[H-].[H-].[Zr+4]. The molecule has 0 atom stereocenters. The fourth-order valence-electron chi connectivity index (χ4n) is 0.144. The van der Waals surface area contributed by atoms with Gasteiger partial charge in [0.05, 0.1) is 0 Å². The Morgan fingerprint density at radius 3 is 2.17 bits per heavy atom. The van der Waals surface area contributed by atoms with Crippen LogP contribution in [0.1, 0.15) is 24.0 Å². The summed E-state index contributed by atoms with van der Waals surface area (Å²) in [5.41, 5.74) is 0. The second-order valence-electron chi connectivity index (χ2n) is 1.06. The molecule has 0 aromatic heterocycles. The van der Waals surface area contributed by atoms with Crippen LogP contribution in [0.15, 0.2) is 0 Å². The molecule has 0 spiro atoms. The Labute approximate surface area is 62.3 Å². The fraction of sp³-hybridized carbons (Fsp3) is 1.00. The van der Waals surface area contributed by atoms with Gasteiger partial charge < -0.3 is 9.39 Å². The first-order chi connectivity index (χ1) is 2.41. The molecule has 6 heavy (non-hydrogen) atoms. The van der Waals surface area contributed by atoms with Gasteiger partial charge >= 0.3 is 26.2 Å². The van der Waals surface area contributed by atoms with Crippen molar-refractivity contribution in [3.05, 3.63) is 0 Å². The number of unbranched alkanes of at least 4 members (excludes halogenated alkanes) is 1. The molecule has 0 rings (SSSR count). The van der Waals surface area contributed by atoms with Gasteiger partial charge in [0.1, 0.15) is 0 Å². The van der Waals surface area contributed by atoms with Gasteiger partial charge in [-0.1, -0.05) is 19.8 Å². The van der Waals surface area contributed by atoms with Gasteiger partial charge in [-0.2, -0.15) is 0 Å². The molecule has 0 N–H and O–H groups in total. The zero-order valence-electron chi connectivity index (χ0n) is 7.03. The molecule has 1 nitrogen and oxygen atoms in total. The third kappa shape index (κ3) is 8.85. The molecule has 0 aromatic rings. The van der Waals surface area contributed by atoms with Crippen LogP contribution >= 0.6 is 0 Å². The van der Waals surface area contributed by atoms with Gasteiger partial charge in [-0.25, -0.2) is 0 Å². The van der Waals surface area contributed by atoms with Gasteiger partial charge in [0, 0.05) is 0 Å². The second kappa shape index (κ2) is 9.28. The van der Waals surface area contributed by atoms with Gasteiger partial charge in [0.15, 0.2) is 0 Å². The summed E-state index contributed by atoms with van der Waals surface area (Å²) in [6, 6.07) is 0. The summed E-state index contributed by atoms with van der Waals surface area (Å²) >= 11 is 0. The molecule has 2 heteroatoms. The van der Waals surface area contributed by atoms with Gasteiger partial charge in [-0.3, -0.25) is 0 Å². The molecule has 0 unspecified atom stereocenters. The van der Waals surface area contributed by atoms with Crippen molar-refractivity contribution in [2.75, 3.05) is 6.61 Å². The van der Waals surface area contributed by atoms with E-state index in [4.69, 9.17) is 0 Å². The largest absolute Gasteiger partial charge is 4.00 e. The van der Waals surface area contributed by atoms with E-state index in [1.54, 1.807) is 0 Å². The van der Waals surface area contributed by atoms with Crippen molar-refractivity contribution in [2.24, 2.45) is 0 Å². The van der Waals surface area contributed by atoms with Gasteiger partial charge in [0.25, 0.3) is 0 Å². The van der Waals surface area contributed by atoms with E-state index in [2.05, 4.69) is 0 Å². The second-order valence-corrected chi connectivity index (χ2v) is 1.06. The smallest absolute Gasteiger partial charge is 1.00 e. The van der Waals surface area contributed by atoms with Crippen molar-refractivity contribution in [3.8, 4) is 0 Å². The van der Waals surface area contributed by atoms with Crippen LogP contribution in [0.3, 0.4) is 0 Å². The molecule has 0 aromatic carbocycles. The summed E-state index contributed by atoms with van der Waals surface area (Å²) in [7, 11) is 0. The van der Waals surface area contributed by atoms with E-state index in [0.717, 1.165) is 12.8 Å². The zero-order valence-corrected chi connectivity index (χ0v) is 6.49. The Kier molecular flexibility index (Phi) is 15.4. The van der Waals surface area contributed by atoms with Crippen molar-refractivity contribution in [3.63, 3.8) is 0 Å². The Morgan fingerprint density at radius 1 is 1.67 bits per heavy atom. The molecule has 38 valence electrons. The van der Waals surface area contributed by atoms with Gasteiger partial charge in [-0.15, -0.1) is 6.61 Å². The number of hydrogen-bond acceptors (Lipinski definition) is 1. The first-order valence-electron chi connectivity index (χ1n) is 2.00. The molecule has 0 aliphatic carbocycles. The summed E-state index contributed by atoms with van der Waals surface area (Å²) in [5, 5.41) is 9.53. The topological polar surface area (TPSA) is 23.1 Å². The minimum absolute atomic E-state index is 0. The predicted octanol–water partition coefficient (Wildman–Crippen LogP) is 0.482. The summed E-state index contributed by atoms with van der Waals surface area (Å²) in [4.78, 5) is 0. The molecule has 0 radical (unpaired) electrons. The molecule has 0 aliphatic rings. The van der Waals surface area contributed by atoms with Crippen LogP contribution in [0.4, 0.5) is 0 Å². The maximum Gasteiger partial charge on any atom is 4.00 e. The molecule has 0 saturated heterocycles. The quantitative estimate of drug-likeness (QED) is 0.587. The monoisotopic (exact) mass is 166 g/mol. The molecule has 0 fully saturated rings. The predicted molar refractivity (Wildman–Crippen MR) is 23.1 cm³/mol. The van der Waals surface area contributed by atoms with E-state index in [1.165, 1.54) is 0 Å². The van der Waals surface area contributed by atoms with Crippen LogP contribution < -0.4 is 5.11 Å². The van der Waals surface area contributed by atoms with Crippen LogP contribution in [0.5, 0.6) is 0 Å². The van der Waals surface area contributed by atoms with Crippen LogP contribution in [0, 0.1) is 0 Å². The van der Waals surface area contributed by atoms with Crippen LogP contribution in [-0.2, 0) is 26.2 Å². The van der Waals surface area contributed by atoms with Crippen molar-refractivity contribution >= 4 is 0 Å². The van der Waals surface area contributed by atoms with Crippen molar-refractivity contribution < 1.29 is 35.6 Å². The van der Waals surface area contributed by atoms with Crippen LogP contribution in [-0.4, -0.2) is 6.61 Å². The van der Waals surface area contributed by atoms with Gasteiger partial charge in [0.2, 0.25) is 0 Å². The molecule has 0 bridgehead atoms. The summed E-state index contributed by atoms with van der Waals surface area (Å²) in [5.74, 6) is 0. The van der Waals surface area contributed by atoms with Gasteiger partial charge in [-0.05, 0) is 0 Å². The van der Waals surface area contributed by atoms with E-state index < -0.39 is 0 Å². The van der Waals surface area contributed by atoms with Crippen molar-refractivity contribution in [1.82, 2.24) is 0 Å². The minimum atomic E-state index is 0. The summed E-state index contributed by atoms with van der Waals surface area (Å²) in [6.45, 7) is 2.11. The molecule has 0 heterocycles. The average molecular weight is 167 g/mol. The third-order valence-corrected chi connectivity index (χ3v) is 0.498. The zero-order chi connectivity index (χ0) is 4.12. The normalized spacial score (nSPS) is 7.00. The van der Waals surface area contributed by atoms with Crippen molar-refractivity contribution in [2.45, 2.75) is 19.8 Å². The van der Waals surface area contributed by atoms with Crippen LogP contribution in [0.2, 0.25) is 0 Å². The number of hydrogen-bond donors (Lipinski definition) is 0. The molecule has 0 saturated carbocycles. The molecule has 0 aliphatic heterocycles. The van der Waals surface area contributed by atoms with Crippen LogP contribution in [0.25, 0.3) is 0 Å². The van der Waals surface area contributed by atoms with E-state index in [-0.39, 0.29) is 37.1 Å². The maximum absolute atomic E-state index is 9.53. The van der Waals surface area contributed by atoms with Crippen molar-refractivity contribution in [1.29, 1.82) is 0 Å². The first kappa shape index (κ1) is 9.96. The van der Waals surface area contributed by atoms with E-state index in [0.29, 0.717) is 0 Å². The Morgan fingerprint density at radius 2 is 2.17 bits per heavy atom. The minimum Gasteiger partial charge on any atom is -1.00 e. The third-order valence-electron chi connectivity index (χ3n) is 0.498. The maximum atomic E-state index is 9.53. The van der Waals surface area contributed by atoms with E-state index >= 15 is 0 Å². The van der Waals surface area contributed by atoms with E-state index in [9.17, 15) is 5.11 Å². The molecule has 0 amide bonds. The molecular formula is C4H12OZr. The standard InChI is InChI=1S/C4H9O.Zr.3H/c1-2-3-4-5;;;;/h2-4H2,1H3;;;;/q-1;+4;3*-1. The Bertz CT molecular complexity index is 23.3.